The zero-order valence-electron chi connectivity index (χ0n) is 18.3. The molecule has 0 radical (unpaired) electrons. The molecule has 11 heteroatoms. The van der Waals surface area contributed by atoms with Crippen LogP contribution in [0.4, 0.5) is 17.5 Å². The molecule has 1 saturated heterocycles. The molecule has 1 fully saturated rings. The highest BCUT2D eigenvalue weighted by atomic mass is 35.5. The second kappa shape index (κ2) is 8.20. The molecule has 2 aliphatic heterocycles. The monoisotopic (exact) mass is 515 g/mol. The highest BCUT2D eigenvalue weighted by Gasteiger charge is 2.47. The number of hydrogen-bond acceptors (Lipinski definition) is 9. The minimum Gasteiger partial charge on any atom is -0.371 e. The smallest absolute Gasteiger partial charge is 0.222 e. The summed E-state index contributed by atoms with van der Waals surface area (Å²) in [4.78, 5) is 14.5. The molecule has 5 rings (SSSR count). The first-order valence-corrected chi connectivity index (χ1v) is 13.7. The van der Waals surface area contributed by atoms with Crippen LogP contribution < -0.4 is 10.6 Å². The van der Waals surface area contributed by atoms with Gasteiger partial charge in [-0.2, -0.15) is 4.98 Å². The fourth-order valence-electron chi connectivity index (χ4n) is 4.57. The number of thiazole rings is 1. The van der Waals surface area contributed by atoms with Gasteiger partial charge in [0, 0.05) is 34.8 Å². The Kier molecular flexibility index (Phi) is 5.56. The van der Waals surface area contributed by atoms with Crippen molar-refractivity contribution in [1.82, 2.24) is 15.0 Å². The Labute approximate surface area is 206 Å². The zero-order valence-corrected chi connectivity index (χ0v) is 20.7. The van der Waals surface area contributed by atoms with Crippen LogP contribution in [0.2, 0.25) is 5.02 Å². The van der Waals surface area contributed by atoms with Crippen LogP contribution in [-0.4, -0.2) is 46.5 Å². The van der Waals surface area contributed by atoms with E-state index in [1.807, 2.05) is 23.1 Å². The van der Waals surface area contributed by atoms with Gasteiger partial charge < -0.3 is 15.7 Å². The molecule has 3 N–H and O–H groups in total. The van der Waals surface area contributed by atoms with E-state index in [4.69, 9.17) is 17.3 Å². The molecule has 1 unspecified atom stereocenters. The maximum Gasteiger partial charge on any atom is 0.222 e. The van der Waals surface area contributed by atoms with Crippen molar-refractivity contribution in [3.63, 3.8) is 0 Å². The van der Waals surface area contributed by atoms with Crippen LogP contribution in [0, 0.1) is 11.8 Å². The topological polar surface area (TPSA) is 122 Å². The third-order valence-electron chi connectivity index (χ3n) is 6.40. The number of anilines is 3. The maximum absolute atomic E-state index is 12.2. The van der Waals surface area contributed by atoms with Crippen LogP contribution >= 0.6 is 22.9 Å². The lowest BCUT2D eigenvalue weighted by Crippen LogP contribution is -2.40. The number of hydrogen-bond donors (Lipinski definition) is 2. The van der Waals surface area contributed by atoms with Crippen molar-refractivity contribution in [1.29, 1.82) is 0 Å². The third kappa shape index (κ3) is 4.14. The molecule has 1 aromatic carbocycles. The van der Waals surface area contributed by atoms with Crippen LogP contribution in [0.15, 0.2) is 36.0 Å². The minimum absolute atomic E-state index is 0.101. The van der Waals surface area contributed by atoms with Gasteiger partial charge in [0.15, 0.2) is 11.4 Å². The van der Waals surface area contributed by atoms with Gasteiger partial charge in [-0.3, -0.25) is 0 Å². The second-order valence-electron chi connectivity index (χ2n) is 8.81. The summed E-state index contributed by atoms with van der Waals surface area (Å²) in [5, 5.41) is 13.4. The van der Waals surface area contributed by atoms with E-state index in [2.05, 4.69) is 26.8 Å². The van der Waals surface area contributed by atoms with Gasteiger partial charge in [-0.1, -0.05) is 29.5 Å². The van der Waals surface area contributed by atoms with Crippen molar-refractivity contribution in [3.05, 3.63) is 57.1 Å². The quantitative estimate of drug-likeness (QED) is 0.499. The van der Waals surface area contributed by atoms with Gasteiger partial charge in [0.1, 0.15) is 19.9 Å². The lowest BCUT2D eigenvalue weighted by atomic mass is 9.77. The first-order chi connectivity index (χ1) is 16.1. The second-order valence-corrected chi connectivity index (χ2v) is 12.4. The van der Waals surface area contributed by atoms with Crippen LogP contribution in [0.25, 0.3) is 0 Å². The van der Waals surface area contributed by atoms with Crippen LogP contribution in [0.3, 0.4) is 0 Å². The summed E-state index contributed by atoms with van der Waals surface area (Å²) in [6.07, 6.45) is 4.12. The molecule has 4 heterocycles. The molecule has 0 aliphatic carbocycles. The summed E-state index contributed by atoms with van der Waals surface area (Å²) in [6, 6.07) is 5.81. The Morgan fingerprint density at radius 3 is 2.76 bits per heavy atom. The van der Waals surface area contributed by atoms with E-state index >= 15 is 0 Å². The fraction of sp³-hybridized carbons (Fsp3) is 0.348. The summed E-state index contributed by atoms with van der Waals surface area (Å²) < 4.78 is 24.3. The van der Waals surface area contributed by atoms with Crippen LogP contribution in [-0.2, 0) is 20.9 Å². The number of halogens is 1. The Hall–Kier alpha value is -2.71. The Balaban J connectivity index is 1.59. The van der Waals surface area contributed by atoms with E-state index in [9.17, 15) is 13.5 Å². The number of rotatable bonds is 2. The third-order valence-corrected chi connectivity index (χ3v) is 9.31. The lowest BCUT2D eigenvalue weighted by Gasteiger charge is -2.34. The van der Waals surface area contributed by atoms with E-state index in [0.717, 1.165) is 11.3 Å². The van der Waals surface area contributed by atoms with Crippen molar-refractivity contribution >= 4 is 50.2 Å². The fourth-order valence-corrected chi connectivity index (χ4v) is 7.02. The standard InChI is InChI=1S/C23H22ClN5O3S2/c1-22(30,20-26-8-9-33-20)5-4-15-2-3-16-18(12-15)29(19-17(24)13-27-21(25)28-19)14-23(16)6-10-34(31,32)11-7-23/h2-3,8-9,12-13,30H,6-7,10-11,14H2,1H3,(H2,25,27,28). The number of fused-ring (bicyclic) bond motifs is 2. The van der Waals surface area contributed by atoms with E-state index in [0.29, 0.717) is 40.8 Å². The van der Waals surface area contributed by atoms with Crippen LogP contribution in [0.1, 0.15) is 35.9 Å². The molecule has 2 aliphatic rings. The minimum atomic E-state index is -3.05. The number of nitrogens with two attached hydrogens (primary N) is 1. The number of benzene rings is 1. The maximum atomic E-state index is 12.2. The van der Waals surface area contributed by atoms with Crippen molar-refractivity contribution < 1.29 is 13.5 Å². The number of nitrogen functional groups attached to an aromatic ring is 1. The van der Waals surface area contributed by atoms with Gasteiger partial charge in [-0.15, -0.1) is 11.3 Å². The highest BCUT2D eigenvalue weighted by molar-refractivity contribution is 7.91. The van der Waals surface area contributed by atoms with Gasteiger partial charge in [-0.25, -0.2) is 18.4 Å². The molecule has 1 spiro atoms. The first kappa shape index (κ1) is 23.1. The Morgan fingerprint density at radius 1 is 1.29 bits per heavy atom. The molecular formula is C23H22ClN5O3S2. The number of nitrogens with zero attached hydrogens (tertiary/aromatic N) is 4. The summed E-state index contributed by atoms with van der Waals surface area (Å²) in [7, 11) is -3.05. The molecule has 0 bridgehead atoms. The molecule has 1 atom stereocenters. The SMILES string of the molecule is CC(O)(C#Cc1ccc2c(c1)N(c1nc(N)ncc1Cl)CC21CCS(=O)(=O)CC1)c1nccs1. The number of sulfone groups is 1. The molecule has 0 saturated carbocycles. The first-order valence-electron chi connectivity index (χ1n) is 10.6. The summed E-state index contributed by atoms with van der Waals surface area (Å²) in [6.45, 7) is 2.14. The van der Waals surface area contributed by atoms with Crippen molar-refractivity contribution in [2.45, 2.75) is 30.8 Å². The van der Waals surface area contributed by atoms with Gasteiger partial charge in [0.05, 0.1) is 17.7 Å². The normalized spacial score (nSPS) is 19.8. The molecular weight excluding hydrogens is 494 g/mol. The predicted molar refractivity (Wildman–Crippen MR) is 133 cm³/mol. The molecule has 176 valence electrons. The van der Waals surface area contributed by atoms with E-state index < -0.39 is 15.4 Å². The lowest BCUT2D eigenvalue weighted by molar-refractivity contribution is 0.122. The van der Waals surface area contributed by atoms with Crippen LogP contribution in [0.5, 0.6) is 0 Å². The van der Waals surface area contributed by atoms with Gasteiger partial charge >= 0.3 is 0 Å². The summed E-state index contributed by atoms with van der Waals surface area (Å²) >= 11 is 7.79. The molecule has 0 amide bonds. The van der Waals surface area contributed by atoms with Crippen molar-refractivity contribution in [3.8, 4) is 11.8 Å². The average molecular weight is 516 g/mol. The highest BCUT2D eigenvalue weighted by Crippen LogP contribution is 2.50. The van der Waals surface area contributed by atoms with Crippen molar-refractivity contribution in [2.75, 3.05) is 28.7 Å². The molecule has 8 nitrogen and oxygen atoms in total. The molecule has 3 aromatic rings. The Morgan fingerprint density at radius 2 is 2.06 bits per heavy atom. The number of aliphatic hydroxyl groups is 1. The van der Waals surface area contributed by atoms with E-state index in [1.54, 1.807) is 18.5 Å². The summed E-state index contributed by atoms with van der Waals surface area (Å²) in [5.74, 6) is 6.82. The van der Waals surface area contributed by atoms with Gasteiger partial charge in [-0.05, 0) is 37.5 Å². The Bertz CT molecular complexity index is 1410. The molecule has 34 heavy (non-hydrogen) atoms. The van der Waals surface area contributed by atoms with Crippen molar-refractivity contribution in [2.24, 2.45) is 0 Å². The predicted octanol–water partition coefficient (Wildman–Crippen LogP) is 3.03. The zero-order chi connectivity index (χ0) is 24.1. The number of aromatic nitrogens is 3. The average Bonchev–Trinajstić information content (AvgIpc) is 3.45. The van der Waals surface area contributed by atoms with E-state index in [-0.39, 0.29) is 22.9 Å². The largest absolute Gasteiger partial charge is 0.371 e. The summed E-state index contributed by atoms with van der Waals surface area (Å²) in [5.41, 5.74) is 6.70. The molecule has 2 aromatic heterocycles. The van der Waals surface area contributed by atoms with E-state index in [1.165, 1.54) is 17.5 Å². The van der Waals surface area contributed by atoms with Gasteiger partial charge in [0.25, 0.3) is 0 Å². The van der Waals surface area contributed by atoms with Gasteiger partial charge in [0.2, 0.25) is 5.95 Å².